The lowest BCUT2D eigenvalue weighted by Crippen LogP contribution is -2.44. The molecule has 3 fully saturated rings. The molecular weight excluding hydrogens is 696 g/mol. The molecule has 1 aliphatic carbocycles. The number of likely N-dealkylation sites (tertiary alicyclic amines) is 1. The van der Waals surface area contributed by atoms with Crippen LogP contribution >= 0.6 is 0 Å². The van der Waals surface area contributed by atoms with Crippen molar-refractivity contribution in [3.05, 3.63) is 88.0 Å². The summed E-state index contributed by atoms with van der Waals surface area (Å²) in [5.41, 5.74) is 0.886. The number of benzene rings is 2. The number of halogens is 4. The molecule has 0 radical (unpaired) electrons. The highest BCUT2D eigenvalue weighted by atomic mass is 19.4. The summed E-state index contributed by atoms with van der Waals surface area (Å²) in [7, 11) is 1.73. The molecule has 2 N–H and O–H groups in total. The van der Waals surface area contributed by atoms with Gasteiger partial charge in [-0.15, -0.1) is 0 Å². The number of amides is 3. The zero-order valence-corrected chi connectivity index (χ0v) is 28.7. The number of nitrogens with zero attached hydrogens (tertiary/aromatic N) is 6. The van der Waals surface area contributed by atoms with Crippen LogP contribution in [0, 0.1) is 11.7 Å². The number of aromatic nitrogens is 5. The second-order valence-electron chi connectivity index (χ2n) is 14.3. The van der Waals surface area contributed by atoms with Crippen LogP contribution < -0.4 is 16.3 Å². The molecular formula is C37H36F4N8O4. The lowest BCUT2D eigenvalue weighted by Gasteiger charge is -2.41. The Morgan fingerprint density at radius 2 is 1.77 bits per heavy atom. The summed E-state index contributed by atoms with van der Waals surface area (Å²) < 4.78 is 59.1. The Kier molecular flexibility index (Phi) is 8.66. The van der Waals surface area contributed by atoms with Gasteiger partial charge in [0.15, 0.2) is 0 Å². The van der Waals surface area contributed by atoms with Crippen molar-refractivity contribution < 1.29 is 31.9 Å². The smallest absolute Gasteiger partial charge is 0.318 e. The van der Waals surface area contributed by atoms with Gasteiger partial charge in [-0.2, -0.15) is 18.3 Å². The fourth-order valence-corrected chi connectivity index (χ4v) is 8.14. The minimum atomic E-state index is -4.72. The Balaban J connectivity index is 0.878. The summed E-state index contributed by atoms with van der Waals surface area (Å²) in [6.45, 7) is 2.74. The molecule has 1 saturated carbocycles. The first kappa shape index (κ1) is 34.7. The lowest BCUT2D eigenvalue weighted by atomic mass is 9.79. The first-order chi connectivity index (χ1) is 25.3. The van der Waals surface area contributed by atoms with Crippen molar-refractivity contribution in [2.45, 2.75) is 62.7 Å². The van der Waals surface area contributed by atoms with Crippen LogP contribution in [0.5, 0.6) is 0 Å². The van der Waals surface area contributed by atoms with Gasteiger partial charge in [-0.25, -0.2) is 14.2 Å². The van der Waals surface area contributed by atoms with E-state index < -0.39 is 41.2 Å². The predicted molar refractivity (Wildman–Crippen MR) is 186 cm³/mol. The van der Waals surface area contributed by atoms with E-state index in [4.69, 9.17) is 0 Å². The van der Waals surface area contributed by atoms with E-state index in [9.17, 15) is 36.7 Å². The monoisotopic (exact) mass is 732 g/mol. The molecule has 2 saturated heterocycles. The van der Waals surface area contributed by atoms with Crippen LogP contribution in [0.2, 0.25) is 0 Å². The number of fused-ring (bicyclic) bond motifs is 2. The standard InChI is InChI=1S/C37H36F4N8O4/c1-46-33-24(4-2-6-29(33)49(36(46)53)30-8-9-32(50)44-35(30)52)21-10-12-47(13-11-21)18-20-14-23(15-20)48-19-22-16-28(25(38)17-27(22)45-48)43-34(51)26-5-3-7-31(42-26)37(39,40)41/h2-7,16-17,19-21,23,30H,8-15,18H2,1H3,(H,43,51)(H,44,50,52)/t20-,23+,30?. The van der Waals surface area contributed by atoms with Gasteiger partial charge in [0.1, 0.15) is 23.2 Å². The Bertz CT molecular complexity index is 2330. The van der Waals surface area contributed by atoms with Gasteiger partial charge in [0, 0.05) is 37.7 Å². The van der Waals surface area contributed by atoms with Crippen molar-refractivity contribution >= 4 is 45.3 Å². The van der Waals surface area contributed by atoms with E-state index in [1.54, 1.807) is 17.8 Å². The first-order valence-electron chi connectivity index (χ1n) is 17.6. The zero-order valence-electron chi connectivity index (χ0n) is 28.7. The molecule has 0 bridgehead atoms. The molecule has 12 nitrogen and oxygen atoms in total. The molecule has 2 aromatic carbocycles. The van der Waals surface area contributed by atoms with Crippen LogP contribution in [0.3, 0.4) is 0 Å². The number of carbonyl (C=O) groups excluding carboxylic acids is 3. The third-order valence-electron chi connectivity index (χ3n) is 10.9. The summed E-state index contributed by atoms with van der Waals surface area (Å²) in [4.78, 5) is 56.2. The fraction of sp³-hybridized carbons (Fsp3) is 0.405. The van der Waals surface area contributed by atoms with Gasteiger partial charge in [-0.3, -0.25) is 33.5 Å². The highest BCUT2D eigenvalue weighted by Crippen LogP contribution is 2.40. The third kappa shape index (κ3) is 6.49. The average Bonchev–Trinajstić information content (AvgIpc) is 3.63. The SMILES string of the molecule is Cn1c(=O)n(C2CCC(=O)NC2=O)c2cccc(C3CCN(C[C@H]4C[C@@H](n5cc6cc(NC(=O)c7cccc(C(F)(F)F)n7)c(F)cc6n5)C4)CC3)c21. The summed E-state index contributed by atoms with van der Waals surface area (Å²) in [6, 6.07) is 10.8. The number of carbonyl (C=O) groups is 3. The van der Waals surface area contributed by atoms with Crippen molar-refractivity contribution in [2.75, 3.05) is 25.0 Å². The molecule has 1 atom stereocenters. The summed E-state index contributed by atoms with van der Waals surface area (Å²) in [6.07, 6.45) is 1.20. The van der Waals surface area contributed by atoms with Gasteiger partial charge < -0.3 is 10.2 Å². The second-order valence-corrected chi connectivity index (χ2v) is 14.3. The Hall–Kier alpha value is -5.38. The van der Waals surface area contributed by atoms with Gasteiger partial charge in [0.2, 0.25) is 11.8 Å². The van der Waals surface area contributed by atoms with E-state index in [2.05, 4.69) is 31.7 Å². The van der Waals surface area contributed by atoms with Crippen LogP contribution in [0.25, 0.3) is 21.9 Å². The highest BCUT2D eigenvalue weighted by Gasteiger charge is 2.36. The number of anilines is 1. The maximum Gasteiger partial charge on any atom is 0.433 e. The van der Waals surface area contributed by atoms with Crippen molar-refractivity contribution in [1.29, 1.82) is 0 Å². The number of imidazole rings is 1. The summed E-state index contributed by atoms with van der Waals surface area (Å²) in [5, 5.41) is 9.85. The van der Waals surface area contributed by atoms with E-state index >= 15 is 0 Å². The number of imide groups is 1. The maximum absolute atomic E-state index is 14.9. The number of hydrogen-bond donors (Lipinski definition) is 2. The Morgan fingerprint density at radius 3 is 2.51 bits per heavy atom. The number of hydrogen-bond acceptors (Lipinski definition) is 7. The van der Waals surface area contributed by atoms with Gasteiger partial charge >= 0.3 is 11.9 Å². The zero-order chi connectivity index (χ0) is 37.2. The Labute approximate surface area is 299 Å². The largest absolute Gasteiger partial charge is 0.433 e. The van der Waals surface area contributed by atoms with Crippen LogP contribution in [0.15, 0.2) is 59.5 Å². The van der Waals surface area contributed by atoms with Gasteiger partial charge in [-0.1, -0.05) is 18.2 Å². The molecule has 16 heteroatoms. The predicted octanol–water partition coefficient (Wildman–Crippen LogP) is 5.30. The van der Waals surface area contributed by atoms with Gasteiger partial charge in [0.05, 0.1) is 28.3 Å². The van der Waals surface area contributed by atoms with Crippen LogP contribution in [-0.2, 0) is 22.8 Å². The van der Waals surface area contributed by atoms with Crippen LogP contribution in [-0.4, -0.2) is 66.2 Å². The highest BCUT2D eigenvalue weighted by molar-refractivity contribution is 6.04. The number of rotatable bonds is 7. The minimum Gasteiger partial charge on any atom is -0.318 e. The number of nitrogens with one attached hydrogen (secondary N) is 2. The number of para-hydroxylation sites is 1. The third-order valence-corrected chi connectivity index (χ3v) is 10.9. The molecule has 0 spiro atoms. The maximum atomic E-state index is 14.9. The molecule has 3 aliphatic rings. The van der Waals surface area contributed by atoms with Crippen LogP contribution in [0.1, 0.15) is 78.3 Å². The van der Waals surface area contributed by atoms with Gasteiger partial charge in [0.25, 0.3) is 5.91 Å². The molecule has 3 amide bonds. The van der Waals surface area contributed by atoms with E-state index in [-0.39, 0.29) is 42.1 Å². The van der Waals surface area contributed by atoms with E-state index in [0.717, 1.165) is 74.6 Å². The molecule has 53 heavy (non-hydrogen) atoms. The van der Waals surface area contributed by atoms with Gasteiger partial charge in [-0.05, 0) is 86.9 Å². The van der Waals surface area contributed by atoms with Crippen molar-refractivity contribution in [3.63, 3.8) is 0 Å². The van der Waals surface area contributed by atoms with E-state index in [0.29, 0.717) is 22.3 Å². The summed E-state index contributed by atoms with van der Waals surface area (Å²) in [5.74, 6) is -1.78. The topological polar surface area (TPSA) is 136 Å². The molecule has 3 aromatic heterocycles. The minimum absolute atomic E-state index is 0.132. The normalized spacial score (nSPS) is 21.6. The number of aryl methyl sites for hydroxylation is 1. The quantitative estimate of drug-likeness (QED) is 0.171. The van der Waals surface area contributed by atoms with Crippen molar-refractivity contribution in [2.24, 2.45) is 13.0 Å². The molecule has 8 rings (SSSR count). The lowest BCUT2D eigenvalue weighted by molar-refractivity contribution is -0.141. The Morgan fingerprint density at radius 1 is 1.02 bits per heavy atom. The van der Waals surface area contributed by atoms with E-state index in [1.807, 2.05) is 16.8 Å². The number of piperidine rings is 2. The molecule has 276 valence electrons. The number of alkyl halides is 3. The summed E-state index contributed by atoms with van der Waals surface area (Å²) >= 11 is 0. The first-order valence-corrected chi connectivity index (χ1v) is 17.6. The van der Waals surface area contributed by atoms with Crippen molar-refractivity contribution in [3.8, 4) is 0 Å². The molecule has 2 aliphatic heterocycles. The average molecular weight is 733 g/mol. The number of pyridine rings is 1. The molecule has 5 aromatic rings. The second kappa shape index (κ2) is 13.2. The van der Waals surface area contributed by atoms with E-state index in [1.165, 1.54) is 16.7 Å². The van der Waals surface area contributed by atoms with Crippen LogP contribution in [0.4, 0.5) is 23.2 Å². The fourth-order valence-electron chi connectivity index (χ4n) is 8.14. The molecule has 5 heterocycles. The van der Waals surface area contributed by atoms with Crippen molar-refractivity contribution in [1.82, 2.24) is 34.1 Å². The molecule has 1 unspecified atom stereocenters.